The van der Waals surface area contributed by atoms with Crippen LogP contribution in [0.15, 0.2) is 70.7 Å². The highest BCUT2D eigenvalue weighted by Crippen LogP contribution is 2.30. The molecule has 56 heavy (non-hydrogen) atoms. The van der Waals surface area contributed by atoms with Crippen molar-refractivity contribution in [2.75, 3.05) is 44.3 Å². The molecular formula is C35H48ClN7O11S2. The number of amides is 2. The minimum atomic E-state index is -4.66. The molecule has 2 N–H and O–H groups in total. The van der Waals surface area contributed by atoms with Gasteiger partial charge in [0.05, 0.1) is 13.2 Å². The number of anilines is 1. The number of nitrogens with zero attached hydrogens (tertiary/aromatic N) is 5. The Kier molecular flexibility index (Phi) is 15.4. The van der Waals surface area contributed by atoms with E-state index in [1.807, 2.05) is 4.90 Å². The zero-order valence-corrected chi connectivity index (χ0v) is 34.6. The molecule has 2 amide bonds. The fourth-order valence-electron chi connectivity index (χ4n) is 4.98. The van der Waals surface area contributed by atoms with Crippen molar-refractivity contribution in [3.8, 4) is 11.5 Å². The van der Waals surface area contributed by atoms with Crippen LogP contribution in [0.25, 0.3) is 0 Å². The van der Waals surface area contributed by atoms with Crippen LogP contribution in [0.2, 0.25) is 0 Å². The van der Waals surface area contributed by atoms with E-state index in [1.165, 1.54) is 40.7 Å². The lowest BCUT2D eigenvalue weighted by Gasteiger charge is -2.34. The number of carbonyl (C=O) groups excluding carboxylic acids is 2. The third-order valence-electron chi connectivity index (χ3n) is 7.20. The number of halogens is 1. The maximum atomic E-state index is 13.8. The van der Waals surface area contributed by atoms with Gasteiger partial charge >= 0.3 is 22.3 Å². The number of piperazine rings is 1. The van der Waals surface area contributed by atoms with E-state index in [9.17, 15) is 26.4 Å². The van der Waals surface area contributed by atoms with Crippen molar-refractivity contribution in [3.63, 3.8) is 0 Å². The molecule has 4 rings (SSSR count). The number of benzene rings is 2. The Morgan fingerprint density at radius 2 is 1.43 bits per heavy atom. The summed E-state index contributed by atoms with van der Waals surface area (Å²) >= 11 is 0. The van der Waals surface area contributed by atoms with Crippen LogP contribution >= 0.6 is 12.4 Å². The number of hydrogen-bond acceptors (Lipinski definition) is 15. The number of sulfonamides is 1. The highest BCUT2D eigenvalue weighted by Gasteiger charge is 2.35. The van der Waals surface area contributed by atoms with E-state index >= 15 is 0 Å². The highest BCUT2D eigenvalue weighted by molar-refractivity contribution is 7.91. The van der Waals surface area contributed by atoms with Gasteiger partial charge in [-0.25, -0.2) is 28.0 Å². The zero-order chi connectivity index (χ0) is 40.6. The highest BCUT2D eigenvalue weighted by atomic mass is 35.5. The van der Waals surface area contributed by atoms with Gasteiger partial charge in [-0.05, 0) is 84.4 Å². The topological polar surface area (TPSA) is 220 Å². The molecule has 1 aliphatic rings. The maximum Gasteiger partial charge on any atom is 0.442 e. The molecule has 0 unspecified atom stereocenters. The summed E-state index contributed by atoms with van der Waals surface area (Å²) in [6.07, 6.45) is 1.34. The first-order chi connectivity index (χ1) is 25.6. The van der Waals surface area contributed by atoms with Gasteiger partial charge in [0, 0.05) is 51.1 Å². The molecule has 0 spiro atoms. The molecule has 2 heterocycles. The summed E-state index contributed by atoms with van der Waals surface area (Å²) in [7, 11) is -8.91. The van der Waals surface area contributed by atoms with Crippen molar-refractivity contribution in [1.29, 1.82) is 5.41 Å². The van der Waals surface area contributed by atoms with E-state index in [4.69, 9.17) is 28.6 Å². The third kappa shape index (κ3) is 13.2. The number of aryl methyl sites for hydroxylation is 1. The lowest BCUT2D eigenvalue weighted by atomic mass is 10.2. The van der Waals surface area contributed by atoms with Crippen molar-refractivity contribution >= 4 is 56.6 Å². The summed E-state index contributed by atoms with van der Waals surface area (Å²) in [5.41, 5.74) is -1.21. The first kappa shape index (κ1) is 45.6. The van der Waals surface area contributed by atoms with Crippen LogP contribution in [0.4, 0.5) is 15.5 Å². The van der Waals surface area contributed by atoms with E-state index in [0.717, 1.165) is 0 Å². The minimum Gasteiger partial charge on any atom is -0.493 e. The Labute approximate surface area is 333 Å². The number of hydrogen-bond donors (Lipinski definition) is 2. The number of nitrogens with one attached hydrogen (secondary N) is 2. The van der Waals surface area contributed by atoms with Gasteiger partial charge in [0.1, 0.15) is 32.5 Å². The summed E-state index contributed by atoms with van der Waals surface area (Å²) < 4.78 is 77.7. The Hall–Kier alpha value is -4.76. The van der Waals surface area contributed by atoms with Crippen molar-refractivity contribution in [3.05, 3.63) is 66.5 Å². The second-order valence-electron chi connectivity index (χ2n) is 14.2. The molecule has 21 heteroatoms. The summed E-state index contributed by atoms with van der Waals surface area (Å²) in [5, 5.41) is 10.8. The number of aromatic nitrogens is 2. The van der Waals surface area contributed by atoms with Gasteiger partial charge in [0.15, 0.2) is 0 Å². The quantitative estimate of drug-likeness (QED) is 0.0817. The normalized spacial score (nSPS) is 13.9. The molecule has 2 aromatic carbocycles. The second kappa shape index (κ2) is 18.9. The van der Waals surface area contributed by atoms with Crippen LogP contribution in [-0.4, -0.2) is 105 Å². The van der Waals surface area contributed by atoms with Crippen LogP contribution in [0, 0.1) is 12.3 Å². The Morgan fingerprint density at radius 3 is 2.04 bits per heavy atom. The van der Waals surface area contributed by atoms with Crippen LogP contribution in [0.3, 0.4) is 0 Å². The standard InChI is InChI=1S/C35H47N7O11S2.ClH/c1-25-22-26(49-20-11-21-50-42(33(44)52-35(5,6)7)30(36)39-32(43)51-34(2,3)4)24-27(23-25)53-55(47,48)29-13-9-8-12-28(29)54(45,46)41-18-16-40(17-19-41)31-37-14-10-15-38-31;/h8-10,12-15,22-24H,11,16-21H2,1-7H3,(H2,36,39,43);1H. The Balaban J connectivity index is 0.00000841. The lowest BCUT2D eigenvalue weighted by molar-refractivity contribution is -0.104. The largest absolute Gasteiger partial charge is 0.493 e. The SMILES string of the molecule is Cc1cc(OCCCON(C(=N)NC(=O)OC(C)(C)C)C(=O)OC(C)(C)C)cc(OS(=O)(=O)c2ccccc2S(=O)(=O)N2CCN(c3ncccn3)CC2)c1.Cl. The average molecular weight is 842 g/mol. The fourth-order valence-corrected chi connectivity index (χ4v) is 8.09. The summed E-state index contributed by atoms with van der Waals surface area (Å²) in [6.45, 7) is 12.1. The minimum absolute atomic E-state index is 0. The third-order valence-corrected chi connectivity index (χ3v) is 10.6. The molecule has 1 saturated heterocycles. The molecule has 1 aromatic heterocycles. The van der Waals surface area contributed by atoms with E-state index in [-0.39, 0.29) is 56.6 Å². The van der Waals surface area contributed by atoms with Gasteiger partial charge in [-0.1, -0.05) is 12.1 Å². The van der Waals surface area contributed by atoms with E-state index in [1.54, 1.807) is 73.0 Å². The molecule has 0 bridgehead atoms. The first-order valence-electron chi connectivity index (χ1n) is 17.2. The number of guanidine groups is 1. The average Bonchev–Trinajstić information content (AvgIpc) is 3.08. The Bertz CT molecular complexity index is 2050. The number of rotatable bonds is 12. The Morgan fingerprint density at radius 1 is 0.839 bits per heavy atom. The predicted octanol–water partition coefficient (Wildman–Crippen LogP) is 4.88. The smallest absolute Gasteiger partial charge is 0.442 e. The van der Waals surface area contributed by atoms with Crippen molar-refractivity contribution in [1.82, 2.24) is 24.7 Å². The van der Waals surface area contributed by atoms with Crippen LogP contribution in [0.1, 0.15) is 53.5 Å². The van der Waals surface area contributed by atoms with Gasteiger partial charge in [0.2, 0.25) is 21.9 Å². The number of ether oxygens (including phenoxy) is 3. The molecule has 1 aliphatic heterocycles. The monoisotopic (exact) mass is 841 g/mol. The van der Waals surface area contributed by atoms with E-state index < -0.39 is 59.3 Å². The number of carbonyl (C=O) groups is 2. The van der Waals surface area contributed by atoms with Crippen LogP contribution in [0.5, 0.6) is 11.5 Å². The molecule has 18 nitrogen and oxygen atoms in total. The van der Waals surface area contributed by atoms with Crippen molar-refractivity contribution < 1.29 is 49.7 Å². The number of alkyl carbamates (subject to hydrolysis) is 1. The van der Waals surface area contributed by atoms with Gasteiger partial charge < -0.3 is 23.3 Å². The summed E-state index contributed by atoms with van der Waals surface area (Å²) in [5.74, 6) is -0.148. The van der Waals surface area contributed by atoms with Crippen molar-refractivity contribution in [2.24, 2.45) is 0 Å². The van der Waals surface area contributed by atoms with Crippen molar-refractivity contribution in [2.45, 2.75) is 75.9 Å². The first-order valence-corrected chi connectivity index (χ1v) is 20.0. The van der Waals surface area contributed by atoms with Gasteiger partial charge in [-0.2, -0.15) is 12.7 Å². The predicted molar refractivity (Wildman–Crippen MR) is 207 cm³/mol. The molecule has 0 aliphatic carbocycles. The van der Waals surface area contributed by atoms with E-state index in [2.05, 4.69) is 15.3 Å². The van der Waals surface area contributed by atoms with E-state index in [0.29, 0.717) is 29.7 Å². The molecule has 0 atom stereocenters. The lowest BCUT2D eigenvalue weighted by Crippen LogP contribution is -2.49. The van der Waals surface area contributed by atoms with Gasteiger partial charge in [0.25, 0.3) is 0 Å². The number of hydroxylamine groups is 2. The summed E-state index contributed by atoms with van der Waals surface area (Å²) in [4.78, 5) is 39.8. The molecule has 1 fully saturated rings. The maximum absolute atomic E-state index is 13.8. The molecule has 308 valence electrons. The van der Waals surface area contributed by atoms with Crippen LogP contribution in [-0.2, 0) is 34.5 Å². The zero-order valence-electron chi connectivity index (χ0n) is 32.2. The molecule has 3 aromatic rings. The fraction of sp³-hybridized carbons (Fsp3) is 0.457. The van der Waals surface area contributed by atoms with Gasteiger partial charge in [-0.3, -0.25) is 15.6 Å². The molecular weight excluding hydrogens is 794 g/mol. The van der Waals surface area contributed by atoms with Gasteiger partial charge in [-0.15, -0.1) is 17.5 Å². The second-order valence-corrected chi connectivity index (χ2v) is 17.6. The summed E-state index contributed by atoms with van der Waals surface area (Å²) in [6, 6.07) is 11.4. The molecule has 0 radical (unpaired) electrons. The van der Waals surface area contributed by atoms with Crippen LogP contribution < -0.4 is 19.1 Å². The molecule has 0 saturated carbocycles.